The molecule has 0 fully saturated rings. The molecule has 0 saturated carbocycles. The molecule has 1 aromatic rings. The van der Waals surface area contributed by atoms with E-state index in [1.165, 1.54) is 12.3 Å². The van der Waals surface area contributed by atoms with Crippen LogP contribution in [0.15, 0.2) is 47.8 Å². The van der Waals surface area contributed by atoms with Gasteiger partial charge in [0.2, 0.25) is 0 Å². The summed E-state index contributed by atoms with van der Waals surface area (Å²) in [5.74, 6) is -0.383. The van der Waals surface area contributed by atoms with Crippen LogP contribution in [0.3, 0.4) is 0 Å². The molecule has 1 aliphatic heterocycles. The first-order valence-electron chi connectivity index (χ1n) is 8.99. The van der Waals surface area contributed by atoms with Gasteiger partial charge in [-0.2, -0.15) is 0 Å². The summed E-state index contributed by atoms with van der Waals surface area (Å²) in [6.07, 6.45) is 3.60. The van der Waals surface area contributed by atoms with Crippen molar-refractivity contribution in [1.29, 1.82) is 0 Å². The van der Waals surface area contributed by atoms with E-state index in [4.69, 9.17) is 4.74 Å². The number of rotatable bonds is 4. The lowest BCUT2D eigenvalue weighted by molar-refractivity contribution is 0.0266. The van der Waals surface area contributed by atoms with Crippen molar-refractivity contribution in [1.82, 2.24) is 15.2 Å². The van der Waals surface area contributed by atoms with Crippen molar-refractivity contribution in [2.75, 3.05) is 13.1 Å². The first-order valence-corrected chi connectivity index (χ1v) is 8.99. The molecule has 0 aliphatic carbocycles. The van der Waals surface area contributed by atoms with E-state index in [9.17, 15) is 9.18 Å². The standard InChI is InChI=1S/C21H28FN3O2/c1-14(2)19(24-15(3)18-8-7-17(22)13-23-18)16-9-11-25(12-10-16)20(26)27-21(4,5)6/h7-9,13,24H,3,10-12H2,1-2,4-6H3. The Kier molecular flexibility index (Phi) is 6.41. The first-order chi connectivity index (χ1) is 12.6. The van der Waals surface area contributed by atoms with Crippen LogP contribution in [-0.2, 0) is 4.74 Å². The van der Waals surface area contributed by atoms with Crippen LogP contribution in [0.2, 0.25) is 0 Å². The summed E-state index contributed by atoms with van der Waals surface area (Å²) in [5.41, 5.74) is 3.83. The van der Waals surface area contributed by atoms with E-state index in [1.807, 2.05) is 40.7 Å². The highest BCUT2D eigenvalue weighted by Crippen LogP contribution is 2.23. The Hall–Kier alpha value is -2.63. The number of aromatic nitrogens is 1. The molecule has 27 heavy (non-hydrogen) atoms. The molecule has 2 heterocycles. The van der Waals surface area contributed by atoms with Gasteiger partial charge in [-0.3, -0.25) is 4.98 Å². The van der Waals surface area contributed by atoms with Crippen LogP contribution in [0.25, 0.3) is 5.70 Å². The molecule has 0 radical (unpaired) electrons. The third-order valence-corrected chi connectivity index (χ3v) is 3.99. The third kappa shape index (κ3) is 5.94. The molecule has 5 nitrogen and oxygen atoms in total. The number of ether oxygens (including phenoxy) is 1. The smallest absolute Gasteiger partial charge is 0.410 e. The Labute approximate surface area is 160 Å². The highest BCUT2D eigenvalue weighted by Gasteiger charge is 2.24. The maximum atomic E-state index is 13.1. The van der Waals surface area contributed by atoms with E-state index in [2.05, 4.69) is 16.9 Å². The van der Waals surface area contributed by atoms with E-state index in [1.54, 1.807) is 11.0 Å². The fourth-order valence-electron chi connectivity index (χ4n) is 2.68. The molecule has 1 N–H and O–H groups in total. The topological polar surface area (TPSA) is 54.5 Å². The molecular weight excluding hydrogens is 345 g/mol. The second kappa shape index (κ2) is 8.37. The maximum absolute atomic E-state index is 13.1. The molecule has 6 heteroatoms. The van der Waals surface area contributed by atoms with Crippen LogP contribution in [0.1, 0.15) is 46.7 Å². The quantitative estimate of drug-likeness (QED) is 0.835. The minimum absolute atomic E-state index is 0.301. The lowest BCUT2D eigenvalue weighted by atomic mass is 10.0. The third-order valence-electron chi connectivity index (χ3n) is 3.99. The number of nitrogens with one attached hydrogen (secondary N) is 1. The number of nitrogens with zero attached hydrogens (tertiary/aromatic N) is 2. The van der Waals surface area contributed by atoms with Crippen molar-refractivity contribution >= 4 is 11.8 Å². The van der Waals surface area contributed by atoms with Gasteiger partial charge in [0.25, 0.3) is 0 Å². The highest BCUT2D eigenvalue weighted by molar-refractivity contribution is 5.69. The number of amides is 1. The summed E-state index contributed by atoms with van der Waals surface area (Å²) in [6, 6.07) is 2.95. The summed E-state index contributed by atoms with van der Waals surface area (Å²) in [7, 11) is 0. The van der Waals surface area contributed by atoms with Crippen LogP contribution < -0.4 is 5.32 Å². The minimum Gasteiger partial charge on any atom is -0.444 e. The predicted octanol–water partition coefficient (Wildman–Crippen LogP) is 4.64. The monoisotopic (exact) mass is 373 g/mol. The van der Waals surface area contributed by atoms with Gasteiger partial charge in [0.15, 0.2) is 0 Å². The Morgan fingerprint density at radius 1 is 1.33 bits per heavy atom. The molecule has 1 aliphatic rings. The second-order valence-corrected chi connectivity index (χ2v) is 7.75. The van der Waals surface area contributed by atoms with Gasteiger partial charge in [-0.25, -0.2) is 9.18 Å². The van der Waals surface area contributed by atoms with Crippen molar-refractivity contribution < 1.29 is 13.9 Å². The fraction of sp³-hybridized carbons (Fsp3) is 0.429. The number of pyridine rings is 1. The molecule has 0 spiro atoms. The van der Waals surface area contributed by atoms with Crippen molar-refractivity contribution in [3.05, 3.63) is 59.3 Å². The minimum atomic E-state index is -0.506. The number of carbonyl (C=O) groups is 1. The average Bonchev–Trinajstić information content (AvgIpc) is 2.58. The Bertz CT molecular complexity index is 770. The zero-order chi connectivity index (χ0) is 20.2. The zero-order valence-electron chi connectivity index (χ0n) is 16.7. The van der Waals surface area contributed by atoms with Gasteiger partial charge in [0, 0.05) is 18.8 Å². The number of carbonyl (C=O) groups excluding carboxylic acids is 1. The van der Waals surface area contributed by atoms with Crippen LogP contribution in [0.5, 0.6) is 0 Å². The lowest BCUT2D eigenvalue weighted by Crippen LogP contribution is -2.39. The summed E-state index contributed by atoms with van der Waals surface area (Å²) in [6.45, 7) is 14.7. The van der Waals surface area contributed by atoms with Gasteiger partial charge in [-0.1, -0.05) is 18.2 Å². The van der Waals surface area contributed by atoms with Crippen molar-refractivity contribution in [2.24, 2.45) is 0 Å². The largest absolute Gasteiger partial charge is 0.444 e. The van der Waals surface area contributed by atoms with E-state index in [0.29, 0.717) is 30.9 Å². The molecule has 146 valence electrons. The first kappa shape index (κ1) is 20.7. The SMILES string of the molecule is C=C(NC(C1=CCN(C(=O)OC(C)(C)C)CC1)=C(C)C)c1ccc(F)cn1. The zero-order valence-corrected chi connectivity index (χ0v) is 16.7. The van der Waals surface area contributed by atoms with Gasteiger partial charge >= 0.3 is 6.09 Å². The second-order valence-electron chi connectivity index (χ2n) is 7.75. The molecule has 0 saturated heterocycles. The normalized spacial score (nSPS) is 14.3. The van der Waals surface area contributed by atoms with Crippen LogP contribution >= 0.6 is 0 Å². The number of hydrogen-bond acceptors (Lipinski definition) is 4. The Morgan fingerprint density at radius 3 is 2.52 bits per heavy atom. The average molecular weight is 373 g/mol. The number of halogens is 1. The number of allylic oxidation sites excluding steroid dienone is 2. The van der Waals surface area contributed by atoms with Crippen LogP contribution in [0, 0.1) is 5.82 Å². The molecule has 0 bridgehead atoms. The van der Waals surface area contributed by atoms with Crippen molar-refractivity contribution in [3.8, 4) is 0 Å². The molecule has 0 aromatic carbocycles. The number of hydrogen-bond donors (Lipinski definition) is 1. The van der Waals surface area contributed by atoms with Gasteiger partial charge < -0.3 is 15.0 Å². The maximum Gasteiger partial charge on any atom is 0.410 e. The predicted molar refractivity (Wildman–Crippen MR) is 105 cm³/mol. The summed E-state index contributed by atoms with van der Waals surface area (Å²) in [5, 5.41) is 3.30. The van der Waals surface area contributed by atoms with E-state index in [-0.39, 0.29) is 11.9 Å². The van der Waals surface area contributed by atoms with Gasteiger partial charge in [0.1, 0.15) is 11.4 Å². The molecule has 1 amide bonds. The highest BCUT2D eigenvalue weighted by atomic mass is 19.1. The summed E-state index contributed by atoms with van der Waals surface area (Å²) < 4.78 is 18.5. The molecule has 0 atom stereocenters. The van der Waals surface area contributed by atoms with Crippen LogP contribution in [0.4, 0.5) is 9.18 Å². The van der Waals surface area contributed by atoms with E-state index in [0.717, 1.165) is 16.8 Å². The Balaban J connectivity index is 2.08. The summed E-state index contributed by atoms with van der Waals surface area (Å²) in [4.78, 5) is 18.0. The van der Waals surface area contributed by atoms with Gasteiger partial charge in [0.05, 0.1) is 17.6 Å². The fourth-order valence-corrected chi connectivity index (χ4v) is 2.68. The summed E-state index contributed by atoms with van der Waals surface area (Å²) >= 11 is 0. The van der Waals surface area contributed by atoms with Gasteiger partial charge in [-0.15, -0.1) is 0 Å². The van der Waals surface area contributed by atoms with Crippen molar-refractivity contribution in [2.45, 2.75) is 46.6 Å². The van der Waals surface area contributed by atoms with Crippen molar-refractivity contribution in [3.63, 3.8) is 0 Å². The van der Waals surface area contributed by atoms with Gasteiger partial charge in [-0.05, 0) is 58.7 Å². The molecule has 0 unspecified atom stereocenters. The Morgan fingerprint density at radius 2 is 2.04 bits per heavy atom. The lowest BCUT2D eigenvalue weighted by Gasteiger charge is -2.30. The molecular formula is C21H28FN3O2. The van der Waals surface area contributed by atoms with E-state index < -0.39 is 5.60 Å². The van der Waals surface area contributed by atoms with E-state index >= 15 is 0 Å². The molecule has 1 aromatic heterocycles. The molecule has 2 rings (SSSR count). The van der Waals surface area contributed by atoms with Crippen LogP contribution in [-0.4, -0.2) is 34.7 Å².